The summed E-state index contributed by atoms with van der Waals surface area (Å²) >= 11 is 0. The SMILES string of the molecule is CC(C)(C)OC(=O)Cc1ccc(F)c(N)c1. The largest absolute Gasteiger partial charge is 0.460 e. The average molecular weight is 225 g/mol. The van der Waals surface area contributed by atoms with Gasteiger partial charge in [-0.3, -0.25) is 4.79 Å². The van der Waals surface area contributed by atoms with Gasteiger partial charge in [0.2, 0.25) is 0 Å². The predicted octanol–water partition coefficient (Wildman–Crippen LogP) is 2.29. The highest BCUT2D eigenvalue weighted by molar-refractivity contribution is 5.73. The van der Waals surface area contributed by atoms with Crippen LogP contribution in [-0.4, -0.2) is 11.6 Å². The molecule has 0 aliphatic carbocycles. The minimum absolute atomic E-state index is 0.0426. The van der Waals surface area contributed by atoms with Gasteiger partial charge in [0.25, 0.3) is 0 Å². The predicted molar refractivity (Wildman–Crippen MR) is 60.4 cm³/mol. The standard InChI is InChI=1S/C12H16FNO2/c1-12(2,3)16-11(15)7-8-4-5-9(13)10(14)6-8/h4-6H,7,14H2,1-3H3. The Bertz CT molecular complexity index is 396. The Morgan fingerprint density at radius 2 is 2.06 bits per heavy atom. The third-order valence-electron chi connectivity index (χ3n) is 1.83. The monoisotopic (exact) mass is 225 g/mol. The van der Waals surface area contributed by atoms with Crippen LogP contribution >= 0.6 is 0 Å². The van der Waals surface area contributed by atoms with E-state index in [2.05, 4.69) is 0 Å². The van der Waals surface area contributed by atoms with Crippen molar-refractivity contribution >= 4 is 11.7 Å². The Labute approximate surface area is 94.4 Å². The Morgan fingerprint density at radius 3 is 2.56 bits per heavy atom. The number of carbonyl (C=O) groups is 1. The fraction of sp³-hybridized carbons (Fsp3) is 0.417. The molecule has 0 amide bonds. The molecule has 1 rings (SSSR count). The number of anilines is 1. The molecule has 4 heteroatoms. The Morgan fingerprint density at radius 1 is 1.44 bits per heavy atom. The molecule has 0 spiro atoms. The van der Waals surface area contributed by atoms with Crippen LogP contribution in [0.3, 0.4) is 0 Å². The normalized spacial score (nSPS) is 11.2. The zero-order chi connectivity index (χ0) is 12.3. The molecule has 0 unspecified atom stereocenters. The van der Waals surface area contributed by atoms with Gasteiger partial charge in [-0.05, 0) is 38.5 Å². The van der Waals surface area contributed by atoms with Gasteiger partial charge in [0.05, 0.1) is 12.1 Å². The lowest BCUT2D eigenvalue weighted by Gasteiger charge is -2.19. The molecule has 3 nitrogen and oxygen atoms in total. The first-order chi connectivity index (χ1) is 7.28. The highest BCUT2D eigenvalue weighted by Gasteiger charge is 2.16. The highest BCUT2D eigenvalue weighted by Crippen LogP contribution is 2.14. The van der Waals surface area contributed by atoms with Crippen LogP contribution in [0.1, 0.15) is 26.3 Å². The van der Waals surface area contributed by atoms with Crippen molar-refractivity contribution in [3.05, 3.63) is 29.6 Å². The molecule has 0 saturated carbocycles. The lowest BCUT2D eigenvalue weighted by molar-refractivity contribution is -0.153. The molecule has 16 heavy (non-hydrogen) atoms. The van der Waals surface area contributed by atoms with Gasteiger partial charge in [-0.2, -0.15) is 0 Å². The van der Waals surface area contributed by atoms with E-state index < -0.39 is 11.4 Å². The van der Waals surface area contributed by atoms with E-state index in [1.165, 1.54) is 18.2 Å². The Hall–Kier alpha value is -1.58. The van der Waals surface area contributed by atoms with Gasteiger partial charge in [-0.15, -0.1) is 0 Å². The molecule has 0 bridgehead atoms. The number of carbonyl (C=O) groups excluding carboxylic acids is 1. The van der Waals surface area contributed by atoms with Crippen LogP contribution in [0, 0.1) is 5.82 Å². The zero-order valence-electron chi connectivity index (χ0n) is 9.71. The number of benzene rings is 1. The van der Waals surface area contributed by atoms with Gasteiger partial charge in [-0.1, -0.05) is 6.07 Å². The molecule has 0 heterocycles. The second kappa shape index (κ2) is 4.51. The number of rotatable bonds is 2. The molecule has 1 aromatic carbocycles. The second-order valence-electron chi connectivity index (χ2n) is 4.62. The quantitative estimate of drug-likeness (QED) is 0.620. The maximum Gasteiger partial charge on any atom is 0.310 e. The number of nitrogens with two attached hydrogens (primary N) is 1. The van der Waals surface area contributed by atoms with Crippen LogP contribution in [0.25, 0.3) is 0 Å². The summed E-state index contributed by atoms with van der Waals surface area (Å²) in [6.07, 6.45) is 0.0990. The van der Waals surface area contributed by atoms with Crippen molar-refractivity contribution in [3.8, 4) is 0 Å². The summed E-state index contributed by atoms with van der Waals surface area (Å²) in [5.41, 5.74) is 5.57. The second-order valence-corrected chi connectivity index (χ2v) is 4.62. The smallest absolute Gasteiger partial charge is 0.310 e. The summed E-state index contributed by atoms with van der Waals surface area (Å²) in [5, 5.41) is 0. The summed E-state index contributed by atoms with van der Waals surface area (Å²) < 4.78 is 18.0. The molecule has 0 aromatic heterocycles. The number of halogens is 1. The van der Waals surface area contributed by atoms with Crippen molar-refractivity contribution in [2.24, 2.45) is 0 Å². The maximum absolute atomic E-state index is 12.9. The van der Waals surface area contributed by atoms with Gasteiger partial charge in [-0.25, -0.2) is 4.39 Å². The fourth-order valence-electron chi connectivity index (χ4n) is 1.25. The zero-order valence-corrected chi connectivity index (χ0v) is 9.71. The maximum atomic E-state index is 12.9. The van der Waals surface area contributed by atoms with E-state index >= 15 is 0 Å². The van der Waals surface area contributed by atoms with Gasteiger partial charge >= 0.3 is 5.97 Å². The first-order valence-corrected chi connectivity index (χ1v) is 5.04. The number of ether oxygens (including phenoxy) is 1. The van der Waals surface area contributed by atoms with Crippen molar-refractivity contribution in [2.45, 2.75) is 32.8 Å². The molecule has 0 aliphatic rings. The van der Waals surface area contributed by atoms with E-state index in [4.69, 9.17) is 10.5 Å². The number of nitrogen functional groups attached to an aromatic ring is 1. The van der Waals surface area contributed by atoms with Crippen LogP contribution in [0.5, 0.6) is 0 Å². The van der Waals surface area contributed by atoms with Gasteiger partial charge in [0, 0.05) is 0 Å². The van der Waals surface area contributed by atoms with E-state index in [0.717, 1.165) is 0 Å². The molecule has 1 aromatic rings. The van der Waals surface area contributed by atoms with E-state index in [1.807, 2.05) is 0 Å². The van der Waals surface area contributed by atoms with E-state index in [0.29, 0.717) is 5.56 Å². The third kappa shape index (κ3) is 3.88. The van der Waals surface area contributed by atoms with Gasteiger partial charge in [0.15, 0.2) is 0 Å². The van der Waals surface area contributed by atoms with Crippen molar-refractivity contribution in [3.63, 3.8) is 0 Å². The molecular weight excluding hydrogens is 209 g/mol. The average Bonchev–Trinajstić information content (AvgIpc) is 2.08. The fourth-order valence-corrected chi connectivity index (χ4v) is 1.25. The van der Waals surface area contributed by atoms with Crippen molar-refractivity contribution in [1.82, 2.24) is 0 Å². The van der Waals surface area contributed by atoms with Crippen LogP contribution in [-0.2, 0) is 16.0 Å². The van der Waals surface area contributed by atoms with Crippen LogP contribution in [0.15, 0.2) is 18.2 Å². The lowest BCUT2D eigenvalue weighted by atomic mass is 10.1. The van der Waals surface area contributed by atoms with Crippen molar-refractivity contribution in [2.75, 3.05) is 5.73 Å². The van der Waals surface area contributed by atoms with E-state index in [-0.39, 0.29) is 18.1 Å². The Kier molecular flexibility index (Phi) is 3.52. The molecule has 0 atom stereocenters. The van der Waals surface area contributed by atoms with Crippen LogP contribution in [0.4, 0.5) is 10.1 Å². The summed E-state index contributed by atoms with van der Waals surface area (Å²) in [5.74, 6) is -0.827. The van der Waals surface area contributed by atoms with E-state index in [9.17, 15) is 9.18 Å². The van der Waals surface area contributed by atoms with Crippen LogP contribution in [0.2, 0.25) is 0 Å². The molecule has 0 fully saturated rings. The summed E-state index contributed by atoms with van der Waals surface area (Å²) in [6, 6.07) is 4.21. The number of hydrogen-bond donors (Lipinski definition) is 1. The van der Waals surface area contributed by atoms with E-state index in [1.54, 1.807) is 20.8 Å². The van der Waals surface area contributed by atoms with Gasteiger partial charge in [0.1, 0.15) is 11.4 Å². The minimum Gasteiger partial charge on any atom is -0.460 e. The number of esters is 1. The molecule has 0 aliphatic heterocycles. The molecule has 0 saturated heterocycles. The first kappa shape index (κ1) is 12.5. The molecule has 88 valence electrons. The minimum atomic E-state index is -0.511. The summed E-state index contributed by atoms with van der Waals surface area (Å²) in [6.45, 7) is 5.39. The summed E-state index contributed by atoms with van der Waals surface area (Å²) in [7, 11) is 0. The van der Waals surface area contributed by atoms with Gasteiger partial charge < -0.3 is 10.5 Å². The summed E-state index contributed by atoms with van der Waals surface area (Å²) in [4.78, 5) is 11.5. The van der Waals surface area contributed by atoms with Crippen LogP contribution < -0.4 is 5.73 Å². The lowest BCUT2D eigenvalue weighted by Crippen LogP contribution is -2.24. The highest BCUT2D eigenvalue weighted by atomic mass is 19.1. The topological polar surface area (TPSA) is 52.3 Å². The Balaban J connectivity index is 2.67. The van der Waals surface area contributed by atoms with Crippen molar-refractivity contribution < 1.29 is 13.9 Å². The molecule has 0 radical (unpaired) electrons. The molecule has 2 N–H and O–H groups in total. The number of hydrogen-bond acceptors (Lipinski definition) is 3. The molecular formula is C12H16FNO2. The third-order valence-corrected chi connectivity index (χ3v) is 1.83. The van der Waals surface area contributed by atoms with Crippen molar-refractivity contribution in [1.29, 1.82) is 0 Å². The first-order valence-electron chi connectivity index (χ1n) is 5.04.